The van der Waals surface area contributed by atoms with Crippen LogP contribution in [0.5, 0.6) is 0 Å². The van der Waals surface area contributed by atoms with Gasteiger partial charge >= 0.3 is 43.2 Å². The van der Waals surface area contributed by atoms with Gasteiger partial charge in [-0.05, 0) is 0 Å². The number of rotatable bonds is 40. The van der Waals surface area contributed by atoms with Crippen LogP contribution in [0, 0.1) is 0 Å². The molecule has 7 fully saturated rings. The second-order valence-corrected chi connectivity index (χ2v) is 32.2. The number of nitrogens with two attached hydrogens (primary N) is 3. The molecule has 0 radical (unpaired) electrons. The van der Waals surface area contributed by atoms with E-state index in [1.54, 1.807) is 0 Å². The van der Waals surface area contributed by atoms with Gasteiger partial charge in [0.25, 0.3) is 11.6 Å². The highest BCUT2D eigenvalue weighted by atomic mass is 31.3. The monoisotopic (exact) mass is 1760 g/mol. The van der Waals surface area contributed by atoms with Gasteiger partial charge in [-0.15, -0.1) is 0 Å². The van der Waals surface area contributed by atoms with Crippen molar-refractivity contribution in [1.82, 2.24) is 0 Å². The van der Waals surface area contributed by atoms with Gasteiger partial charge in [0.2, 0.25) is 0 Å². The minimum Gasteiger partial charge on any atom is -0.477 e. The molecule has 0 spiro atoms. The molecule has 7 aliphatic heterocycles. The first-order valence-corrected chi connectivity index (χ1v) is 39.9. The molecular formula is C53H97N3O54P4. The highest BCUT2D eigenvalue weighted by Crippen LogP contribution is 2.62. The Morgan fingerprint density at radius 3 is 1.42 bits per heavy atom. The Kier molecular flexibility index (Phi) is 35.9. The summed E-state index contributed by atoms with van der Waals surface area (Å²) in [5.74, 6) is -12.5. The molecule has 0 amide bonds. The lowest BCUT2D eigenvalue weighted by atomic mass is 9.89. The first-order chi connectivity index (χ1) is 53.0. The van der Waals surface area contributed by atoms with Gasteiger partial charge in [0.05, 0.1) is 77.7 Å². The van der Waals surface area contributed by atoms with E-state index < -0.39 is 361 Å². The average molecular weight is 1760 g/mol. The van der Waals surface area contributed by atoms with Crippen molar-refractivity contribution in [2.75, 3.05) is 72.6 Å². The number of phosphoric ester groups is 4. The molecule has 7 heterocycles. The van der Waals surface area contributed by atoms with Crippen LogP contribution in [0.4, 0.5) is 0 Å². The van der Waals surface area contributed by atoms with Gasteiger partial charge in [-0.25, -0.2) is 27.8 Å². The number of aliphatic hydroxyl groups is 22. The van der Waals surface area contributed by atoms with Crippen LogP contribution in [0.25, 0.3) is 0 Å². The van der Waals surface area contributed by atoms with Crippen LogP contribution in [0.3, 0.4) is 0 Å². The van der Waals surface area contributed by atoms with Gasteiger partial charge < -0.3 is 226 Å². The highest BCUT2D eigenvalue weighted by molar-refractivity contribution is 7.61. The topological polar surface area (TPSA) is 943 Å². The summed E-state index contributed by atoms with van der Waals surface area (Å²) in [6.07, 6.45) is -93.6. The number of aliphatic hydroxyl groups excluding tert-OH is 21. The Balaban J connectivity index is 1.35. The summed E-state index contributed by atoms with van der Waals surface area (Å²) in [5.41, 5.74) is 16.5. The molecule has 3 unspecified atom stereocenters. The van der Waals surface area contributed by atoms with E-state index in [0.29, 0.717) is 0 Å². The summed E-state index contributed by atoms with van der Waals surface area (Å²) in [4.78, 5) is 79.6. The lowest BCUT2D eigenvalue weighted by molar-refractivity contribution is -0.404. The van der Waals surface area contributed by atoms with Gasteiger partial charge in [-0.3, -0.25) is 22.6 Å². The number of hydrogen-bond donors (Lipinski definition) is 32. The molecule has 61 heteroatoms. The van der Waals surface area contributed by atoms with E-state index in [1.165, 1.54) is 0 Å². The summed E-state index contributed by atoms with van der Waals surface area (Å²) >= 11 is 0. The molecule has 0 bridgehead atoms. The van der Waals surface area contributed by atoms with E-state index in [9.17, 15) is 175 Å². The van der Waals surface area contributed by atoms with Gasteiger partial charge in [0, 0.05) is 25.9 Å². The third kappa shape index (κ3) is 23.8. The van der Waals surface area contributed by atoms with Gasteiger partial charge in [0.1, 0.15) is 171 Å². The minimum absolute atomic E-state index is 0.448. The van der Waals surface area contributed by atoms with Gasteiger partial charge in [0.15, 0.2) is 31.5 Å². The van der Waals surface area contributed by atoms with Crippen molar-refractivity contribution >= 4 is 43.2 Å². The zero-order valence-corrected chi connectivity index (χ0v) is 62.3. The van der Waals surface area contributed by atoms with Crippen LogP contribution in [0.15, 0.2) is 0 Å². The number of aliphatic carboxylic acids is 2. The second kappa shape index (κ2) is 41.4. The largest absolute Gasteiger partial charge is 0.481 e. The molecule has 0 saturated carbocycles. The molecule has 0 aromatic carbocycles. The van der Waals surface area contributed by atoms with E-state index in [-0.39, 0.29) is 0 Å². The van der Waals surface area contributed by atoms with Crippen molar-refractivity contribution in [3.05, 3.63) is 0 Å². The zero-order valence-electron chi connectivity index (χ0n) is 58.7. The second-order valence-electron chi connectivity index (χ2n) is 26.6. The summed E-state index contributed by atoms with van der Waals surface area (Å²) < 4.78 is 155. The van der Waals surface area contributed by atoms with Crippen molar-refractivity contribution in [1.29, 1.82) is 0 Å². The van der Waals surface area contributed by atoms with Crippen molar-refractivity contribution in [3.8, 4) is 0 Å². The maximum atomic E-state index is 14.1. The Labute approximate surface area is 639 Å². The smallest absolute Gasteiger partial charge is 0.477 e. The van der Waals surface area contributed by atoms with Crippen molar-refractivity contribution in [3.63, 3.8) is 0 Å². The fourth-order valence-electron chi connectivity index (χ4n) is 12.7. The molecule has 35 N–H and O–H groups in total. The Morgan fingerprint density at radius 1 is 0.456 bits per heavy atom. The van der Waals surface area contributed by atoms with Gasteiger partial charge in [-0.1, -0.05) is 0 Å². The number of phosphoric acid groups is 4. The van der Waals surface area contributed by atoms with E-state index in [4.69, 9.17) is 92.4 Å². The fourth-order valence-corrected chi connectivity index (χ4v) is 16.5. The first-order valence-electron chi connectivity index (χ1n) is 33.9. The van der Waals surface area contributed by atoms with E-state index in [0.717, 1.165) is 0 Å². The number of carbonyl (C=O) groups is 2. The summed E-state index contributed by atoms with van der Waals surface area (Å²) in [5, 5.41) is 265. The Bertz CT molecular complexity index is 3240. The SMILES string of the molecule is NCCOP(=O)(O)O[C@H](CO)[C@H]1O[C@@](O[C@@H]2C[C@](O)(C(=O)O)O[C@H]([C@H](O)CO)[C@@H]2O[C@H]2O[C@H]([C@@H](O)CO)[C@@H](OP(=O)(O)OP(=O)(O)OCCN)[C@H](O[C@H]3O[C@H]([C@@H](O)CO[C@H]4O[C@H]([C@@H](O)CO[C@H]5O[C@H](CO)[C@@H](O)[C@H](O)[C@H]5N)[C@@H](O)[C@H](O)[C@@H]4O)[C@@H](OP(=O)(O)O)[C@H](O[C@H]4O[C@H](CO)[C@@H](O)[C@H](O)[C@H]4O)[C@@H]3O)[C@@H]2O)(C(=O)O)C[C@@H](O)[C@H]1O. The molecule has 41 atom stereocenters. The Morgan fingerprint density at radius 2 is 0.912 bits per heavy atom. The molecule has 57 nitrogen and oxygen atoms in total. The van der Waals surface area contributed by atoms with Crippen LogP contribution in [0.1, 0.15) is 12.8 Å². The highest BCUT2D eigenvalue weighted by Gasteiger charge is 2.65. The molecule has 114 heavy (non-hydrogen) atoms. The summed E-state index contributed by atoms with van der Waals surface area (Å²) in [6.45, 7) is -12.5. The molecule has 0 aromatic heterocycles. The molecule has 0 aromatic rings. The fraction of sp³-hybridized carbons (Fsp3) is 0.962. The quantitative estimate of drug-likeness (QED) is 0.0253. The van der Waals surface area contributed by atoms with Crippen molar-refractivity contribution < 1.29 is 263 Å². The summed E-state index contributed by atoms with van der Waals surface area (Å²) in [7, 11) is -24.3. The molecule has 7 aliphatic rings. The standard InChI is InChI=1S/C53H97N3O54P4/c54-1-3-94-112(86,87)107-22(11-61)39-24(67)14(62)5-53(106-39,51(80)81)104-19-6-52(82,50(78)79)105-38(16(64)8-58)40(19)101-48-34(77)42(44(36(99-48)15(63)7-57)109-114(90,91)110-113(88,89)95-4-2-55)103-49-33(76)41(102-47-32(75)28(71)26(69)21(10-60)97-47)43(108-111(83,84)85)37(100-49)18(66)13-93-46-31(74)29(72)30(73)35(98-46)17(65)12-92-45-23(56)27(70)25(68)20(9-59)96-45/h14-49,57-77,82H,1-13,54-56H2,(H,78,79)(H,80,81)(H,86,87)(H,88,89)(H,90,91)(H2,83,84,85)/t14-,15+,16-,17+,18+,19-,20-,21-,22-,23-,24-,25-,26-,27-,28+,29+,30+,31+,32-,33+,34+,35-,36-,37-,38-,39-,40-,41-,42-,43-,44-,45+,46+,47-,48-,49-,52-,53-/m1/s1. The first kappa shape index (κ1) is 99.0. The van der Waals surface area contributed by atoms with Crippen LogP contribution >= 0.6 is 31.3 Å². The number of hydrogen-bond acceptors (Lipinski definition) is 50. The molecular weight excluding hydrogens is 1670 g/mol. The van der Waals surface area contributed by atoms with Crippen LogP contribution in [-0.2, 0) is 116 Å². The number of carboxylic acids is 2. The van der Waals surface area contributed by atoms with Crippen LogP contribution in [0.2, 0.25) is 0 Å². The molecule has 7 saturated heterocycles. The van der Waals surface area contributed by atoms with E-state index in [1.807, 2.05) is 0 Å². The summed E-state index contributed by atoms with van der Waals surface area (Å²) in [6, 6.07) is -1.59. The lowest BCUT2D eigenvalue weighted by Crippen LogP contribution is -2.70. The van der Waals surface area contributed by atoms with Crippen LogP contribution in [-0.4, -0.2) is 464 Å². The molecule has 668 valence electrons. The third-order valence-corrected chi connectivity index (χ3v) is 22.7. The predicted molar refractivity (Wildman–Crippen MR) is 343 cm³/mol. The van der Waals surface area contributed by atoms with E-state index in [2.05, 4.69) is 13.4 Å². The van der Waals surface area contributed by atoms with Crippen molar-refractivity contribution in [2.24, 2.45) is 17.2 Å². The van der Waals surface area contributed by atoms with Gasteiger partial charge in [-0.2, -0.15) is 4.31 Å². The molecule has 7 rings (SSSR count). The predicted octanol–water partition coefficient (Wildman–Crippen LogP) is -18.1. The number of carboxylic acid groups (broad SMARTS) is 2. The third-order valence-electron chi connectivity index (χ3n) is 18.4. The molecule has 0 aliphatic carbocycles. The lowest BCUT2D eigenvalue weighted by Gasteiger charge is -2.52. The number of ether oxygens (including phenoxy) is 13. The Hall–Kier alpha value is -2.10. The maximum absolute atomic E-state index is 14.1. The maximum Gasteiger partial charge on any atom is 0.481 e. The van der Waals surface area contributed by atoms with Crippen LogP contribution < -0.4 is 17.2 Å². The van der Waals surface area contributed by atoms with Crippen molar-refractivity contribution in [2.45, 2.75) is 245 Å². The van der Waals surface area contributed by atoms with E-state index >= 15 is 0 Å². The normalized spacial score (nSPS) is 43.6. The minimum atomic E-state index is -6.60. The zero-order chi connectivity index (χ0) is 85.6. The average Bonchev–Trinajstić information content (AvgIpc) is 0.743.